The van der Waals surface area contributed by atoms with E-state index in [2.05, 4.69) is 5.10 Å². The number of aromatic nitrogens is 2. The third-order valence-corrected chi connectivity index (χ3v) is 4.21. The first-order valence-electron chi connectivity index (χ1n) is 6.17. The maximum atomic E-state index is 12.2. The van der Waals surface area contributed by atoms with Crippen LogP contribution in [0.25, 0.3) is 10.1 Å². The van der Waals surface area contributed by atoms with Gasteiger partial charge in [0.15, 0.2) is 11.6 Å². The molecule has 0 N–H and O–H groups in total. The lowest BCUT2D eigenvalue weighted by Crippen LogP contribution is -2.06. The minimum Gasteiger partial charge on any atom is -0.294 e. The van der Waals surface area contributed by atoms with Gasteiger partial charge in [0.1, 0.15) is 0 Å². The Bertz CT molecular complexity index is 768. The van der Waals surface area contributed by atoms with Gasteiger partial charge in [0.05, 0.1) is 23.1 Å². The van der Waals surface area contributed by atoms with Crippen LogP contribution < -0.4 is 0 Å². The highest BCUT2D eigenvalue weighted by molar-refractivity contribution is 7.20. The first kappa shape index (κ1) is 12.7. The van der Waals surface area contributed by atoms with Crippen LogP contribution in [0.1, 0.15) is 26.5 Å². The lowest BCUT2D eigenvalue weighted by molar-refractivity contribution is 0.0896. The number of Topliss-reactive ketones (excluding diaryl/α,β-unsaturated/α-hetero) is 2. The number of hydrogen-bond acceptors (Lipinski definition) is 4. The Morgan fingerprint density at radius 1 is 1.25 bits per heavy atom. The first-order chi connectivity index (χ1) is 9.63. The van der Waals surface area contributed by atoms with Gasteiger partial charge in [0.25, 0.3) is 0 Å². The van der Waals surface area contributed by atoms with Crippen molar-refractivity contribution >= 4 is 33.0 Å². The Kier molecular flexibility index (Phi) is 3.20. The van der Waals surface area contributed by atoms with Crippen LogP contribution in [0.15, 0.2) is 42.7 Å². The molecule has 0 unspecified atom stereocenters. The third-order valence-electron chi connectivity index (χ3n) is 3.05. The number of carbonyl (C=O) groups excluding carboxylic acids is 2. The second-order valence-corrected chi connectivity index (χ2v) is 5.66. The summed E-state index contributed by atoms with van der Waals surface area (Å²) in [6, 6.07) is 9.65. The molecule has 0 spiro atoms. The van der Waals surface area contributed by atoms with E-state index >= 15 is 0 Å². The number of rotatable bonds is 4. The molecule has 0 aliphatic carbocycles. The quantitative estimate of drug-likeness (QED) is 0.546. The van der Waals surface area contributed by atoms with Gasteiger partial charge in [-0.15, -0.1) is 11.3 Å². The van der Waals surface area contributed by atoms with Crippen molar-refractivity contribution in [1.29, 1.82) is 0 Å². The second kappa shape index (κ2) is 5.02. The summed E-state index contributed by atoms with van der Waals surface area (Å²) in [6.07, 6.45) is 3.00. The van der Waals surface area contributed by atoms with Gasteiger partial charge in [-0.2, -0.15) is 5.10 Å². The Morgan fingerprint density at radius 2 is 2.05 bits per heavy atom. The zero-order chi connectivity index (χ0) is 14.1. The molecule has 4 nitrogen and oxygen atoms in total. The van der Waals surface area contributed by atoms with E-state index in [9.17, 15) is 9.59 Å². The average molecular weight is 284 g/mol. The Balaban J connectivity index is 1.80. The summed E-state index contributed by atoms with van der Waals surface area (Å²) in [5, 5.41) is 4.98. The standard InChI is InChI=1S/C15H12N2O2S/c1-17-9-11(8-16-17)12(18)7-13(19)15-6-10-4-2-3-5-14(10)20-15/h2-6,8-9H,7H2,1H3. The Morgan fingerprint density at radius 3 is 2.75 bits per heavy atom. The van der Waals surface area contributed by atoms with Crippen molar-refractivity contribution in [2.75, 3.05) is 0 Å². The molecule has 100 valence electrons. The predicted octanol–water partition coefficient (Wildman–Crippen LogP) is 3.09. The fraction of sp³-hybridized carbons (Fsp3) is 0.133. The maximum absolute atomic E-state index is 12.2. The van der Waals surface area contributed by atoms with Crippen LogP contribution in [0.3, 0.4) is 0 Å². The van der Waals surface area contributed by atoms with Gasteiger partial charge < -0.3 is 0 Å². The molecule has 2 aromatic heterocycles. The average Bonchev–Trinajstić information content (AvgIpc) is 3.04. The Labute approximate surface area is 119 Å². The number of aryl methyl sites for hydroxylation is 1. The van der Waals surface area contributed by atoms with Crippen LogP contribution >= 0.6 is 11.3 Å². The molecular formula is C15H12N2O2S. The molecule has 3 rings (SSSR count). The molecular weight excluding hydrogens is 272 g/mol. The van der Waals surface area contributed by atoms with Crippen molar-refractivity contribution < 1.29 is 9.59 Å². The number of ketones is 2. The van der Waals surface area contributed by atoms with E-state index in [1.165, 1.54) is 17.5 Å². The molecule has 0 aliphatic rings. The van der Waals surface area contributed by atoms with Gasteiger partial charge in [-0.3, -0.25) is 14.3 Å². The largest absolute Gasteiger partial charge is 0.294 e. The highest BCUT2D eigenvalue weighted by Gasteiger charge is 2.16. The van der Waals surface area contributed by atoms with E-state index in [0.29, 0.717) is 10.4 Å². The van der Waals surface area contributed by atoms with E-state index in [-0.39, 0.29) is 18.0 Å². The molecule has 1 aromatic carbocycles. The summed E-state index contributed by atoms with van der Waals surface area (Å²) in [5.74, 6) is -0.333. The van der Waals surface area contributed by atoms with Gasteiger partial charge in [0.2, 0.25) is 0 Å². The smallest absolute Gasteiger partial charge is 0.180 e. The molecule has 20 heavy (non-hydrogen) atoms. The van der Waals surface area contributed by atoms with Gasteiger partial charge in [-0.1, -0.05) is 18.2 Å². The van der Waals surface area contributed by atoms with Crippen molar-refractivity contribution in [1.82, 2.24) is 9.78 Å². The van der Waals surface area contributed by atoms with Crippen molar-refractivity contribution in [2.45, 2.75) is 6.42 Å². The molecule has 2 heterocycles. The summed E-state index contributed by atoms with van der Waals surface area (Å²) >= 11 is 1.43. The highest BCUT2D eigenvalue weighted by atomic mass is 32.1. The molecule has 0 saturated carbocycles. The summed E-state index contributed by atoms with van der Waals surface area (Å²) in [7, 11) is 1.74. The zero-order valence-corrected chi connectivity index (χ0v) is 11.7. The van der Waals surface area contributed by atoms with Crippen molar-refractivity contribution in [3.63, 3.8) is 0 Å². The topological polar surface area (TPSA) is 52.0 Å². The molecule has 0 amide bonds. The SMILES string of the molecule is Cn1cc(C(=O)CC(=O)c2cc3ccccc3s2)cn1. The fourth-order valence-corrected chi connectivity index (χ4v) is 3.02. The monoisotopic (exact) mass is 284 g/mol. The van der Waals surface area contributed by atoms with Gasteiger partial charge >= 0.3 is 0 Å². The van der Waals surface area contributed by atoms with E-state index < -0.39 is 0 Å². The minimum absolute atomic E-state index is 0.113. The molecule has 5 heteroatoms. The van der Waals surface area contributed by atoms with Gasteiger partial charge in [-0.05, 0) is 17.5 Å². The van der Waals surface area contributed by atoms with Crippen LogP contribution in [-0.4, -0.2) is 21.3 Å². The van der Waals surface area contributed by atoms with Crippen LogP contribution in [-0.2, 0) is 7.05 Å². The first-order valence-corrected chi connectivity index (χ1v) is 6.99. The van der Waals surface area contributed by atoms with Crippen molar-refractivity contribution in [3.05, 3.63) is 53.2 Å². The molecule has 0 bridgehead atoms. The highest BCUT2D eigenvalue weighted by Crippen LogP contribution is 2.26. The number of fused-ring (bicyclic) bond motifs is 1. The second-order valence-electron chi connectivity index (χ2n) is 4.57. The Hall–Kier alpha value is -2.27. The lowest BCUT2D eigenvalue weighted by atomic mass is 10.1. The molecule has 3 aromatic rings. The van der Waals surface area contributed by atoms with E-state index in [0.717, 1.165) is 10.1 Å². The molecule has 0 radical (unpaired) electrons. The van der Waals surface area contributed by atoms with Crippen LogP contribution in [0.2, 0.25) is 0 Å². The molecule has 0 aliphatic heterocycles. The van der Waals surface area contributed by atoms with Crippen LogP contribution in [0.4, 0.5) is 0 Å². The summed E-state index contributed by atoms with van der Waals surface area (Å²) in [4.78, 5) is 24.8. The van der Waals surface area contributed by atoms with Crippen molar-refractivity contribution in [2.24, 2.45) is 7.05 Å². The van der Waals surface area contributed by atoms with Crippen LogP contribution in [0.5, 0.6) is 0 Å². The molecule has 0 fully saturated rings. The summed E-state index contributed by atoms with van der Waals surface area (Å²) in [6.45, 7) is 0. The van der Waals surface area contributed by atoms with E-state index in [4.69, 9.17) is 0 Å². The fourth-order valence-electron chi connectivity index (χ4n) is 2.02. The number of nitrogens with zero attached hydrogens (tertiary/aromatic N) is 2. The van der Waals surface area contributed by atoms with Gasteiger partial charge in [-0.25, -0.2) is 0 Å². The molecule has 0 saturated heterocycles. The summed E-state index contributed by atoms with van der Waals surface area (Å²) < 4.78 is 2.61. The number of hydrogen-bond donors (Lipinski definition) is 0. The minimum atomic E-state index is -0.194. The van der Waals surface area contributed by atoms with Gasteiger partial charge in [0, 0.05) is 17.9 Å². The number of benzene rings is 1. The molecule has 0 atom stereocenters. The summed E-state index contributed by atoms with van der Waals surface area (Å²) in [5.41, 5.74) is 0.474. The van der Waals surface area contributed by atoms with E-state index in [1.54, 1.807) is 17.9 Å². The van der Waals surface area contributed by atoms with E-state index in [1.807, 2.05) is 30.3 Å². The zero-order valence-electron chi connectivity index (χ0n) is 10.9. The number of carbonyl (C=O) groups is 2. The normalized spacial score (nSPS) is 10.8. The third kappa shape index (κ3) is 2.40. The number of thiophene rings is 1. The maximum Gasteiger partial charge on any atom is 0.180 e. The lowest BCUT2D eigenvalue weighted by Gasteiger charge is -1.95. The van der Waals surface area contributed by atoms with Crippen LogP contribution in [0, 0.1) is 0 Å². The van der Waals surface area contributed by atoms with Crippen molar-refractivity contribution in [3.8, 4) is 0 Å². The predicted molar refractivity (Wildman–Crippen MR) is 78.3 cm³/mol.